The zero-order valence-corrected chi connectivity index (χ0v) is 6.22. The van der Waals surface area contributed by atoms with Gasteiger partial charge in [0.15, 0.2) is 0 Å². The normalized spacial score (nSPS) is 36.2. The van der Waals surface area contributed by atoms with Crippen LogP contribution in [0.5, 0.6) is 0 Å². The molecular formula is C8H15N. The van der Waals surface area contributed by atoms with Crippen molar-refractivity contribution in [3.05, 3.63) is 12.2 Å². The average Bonchev–Trinajstić information content (AvgIpc) is 1.99. The first kappa shape index (κ1) is 6.81. The molecular weight excluding hydrogens is 110 g/mol. The highest BCUT2D eigenvalue weighted by atomic mass is 14.9. The van der Waals surface area contributed by atoms with Gasteiger partial charge < -0.3 is 5.32 Å². The standard InChI is InChI=1S/C8H15N/c1-7-4-3-5-9-6-8(7)2/h3-4,7-9H,5-6H2,1-2H3. The van der Waals surface area contributed by atoms with Crippen LogP contribution in [0.4, 0.5) is 0 Å². The molecule has 0 spiro atoms. The Kier molecular flexibility index (Phi) is 2.29. The fraction of sp³-hybridized carbons (Fsp3) is 0.750. The topological polar surface area (TPSA) is 12.0 Å². The number of rotatable bonds is 0. The third-order valence-electron chi connectivity index (χ3n) is 2.07. The molecule has 52 valence electrons. The molecule has 0 aromatic carbocycles. The highest BCUT2D eigenvalue weighted by molar-refractivity contribution is 4.93. The van der Waals surface area contributed by atoms with E-state index < -0.39 is 0 Å². The minimum absolute atomic E-state index is 0.750. The lowest BCUT2D eigenvalue weighted by molar-refractivity contribution is 0.446. The summed E-state index contributed by atoms with van der Waals surface area (Å²) in [7, 11) is 0. The summed E-state index contributed by atoms with van der Waals surface area (Å²) in [6.45, 7) is 6.77. The van der Waals surface area contributed by atoms with Gasteiger partial charge in [-0.3, -0.25) is 0 Å². The van der Waals surface area contributed by atoms with Crippen molar-refractivity contribution in [1.29, 1.82) is 0 Å². The summed E-state index contributed by atoms with van der Waals surface area (Å²) in [6.07, 6.45) is 4.51. The zero-order valence-electron chi connectivity index (χ0n) is 6.22. The van der Waals surface area contributed by atoms with Crippen LogP contribution >= 0.6 is 0 Å². The van der Waals surface area contributed by atoms with Gasteiger partial charge in [0, 0.05) is 6.54 Å². The van der Waals surface area contributed by atoms with Crippen LogP contribution in [0.2, 0.25) is 0 Å². The maximum atomic E-state index is 3.34. The van der Waals surface area contributed by atoms with Crippen molar-refractivity contribution in [2.24, 2.45) is 11.8 Å². The Balaban J connectivity index is 2.46. The Morgan fingerprint density at radius 2 is 2.22 bits per heavy atom. The van der Waals surface area contributed by atoms with Crippen molar-refractivity contribution in [3.63, 3.8) is 0 Å². The molecule has 2 unspecified atom stereocenters. The third-order valence-corrected chi connectivity index (χ3v) is 2.07. The van der Waals surface area contributed by atoms with Crippen LogP contribution < -0.4 is 5.32 Å². The molecule has 0 aromatic heterocycles. The van der Waals surface area contributed by atoms with Gasteiger partial charge in [0.05, 0.1) is 0 Å². The molecule has 0 radical (unpaired) electrons. The maximum absolute atomic E-state index is 3.34. The van der Waals surface area contributed by atoms with E-state index in [2.05, 4.69) is 31.3 Å². The SMILES string of the molecule is CC1C=CCNCC1C. The van der Waals surface area contributed by atoms with E-state index in [1.165, 1.54) is 0 Å². The monoisotopic (exact) mass is 125 g/mol. The average molecular weight is 125 g/mol. The molecule has 1 N–H and O–H groups in total. The third kappa shape index (κ3) is 1.83. The summed E-state index contributed by atoms with van der Waals surface area (Å²) in [6, 6.07) is 0. The number of hydrogen-bond donors (Lipinski definition) is 1. The Morgan fingerprint density at radius 3 is 3.00 bits per heavy atom. The summed E-state index contributed by atoms with van der Waals surface area (Å²) in [5.74, 6) is 1.55. The molecule has 9 heavy (non-hydrogen) atoms. The molecule has 1 aliphatic rings. The van der Waals surface area contributed by atoms with Crippen LogP contribution in [-0.4, -0.2) is 13.1 Å². The summed E-state index contributed by atoms with van der Waals surface area (Å²) < 4.78 is 0. The van der Waals surface area contributed by atoms with Gasteiger partial charge in [0.25, 0.3) is 0 Å². The zero-order chi connectivity index (χ0) is 6.69. The number of nitrogens with one attached hydrogen (secondary N) is 1. The van der Waals surface area contributed by atoms with Gasteiger partial charge in [-0.05, 0) is 18.4 Å². The Hall–Kier alpha value is -0.300. The van der Waals surface area contributed by atoms with Gasteiger partial charge in [-0.1, -0.05) is 26.0 Å². The first-order valence-corrected chi connectivity index (χ1v) is 3.68. The highest BCUT2D eigenvalue weighted by Gasteiger charge is 2.09. The van der Waals surface area contributed by atoms with Crippen LogP contribution in [0.15, 0.2) is 12.2 Å². The Labute approximate surface area is 57.1 Å². The van der Waals surface area contributed by atoms with Gasteiger partial charge in [0.2, 0.25) is 0 Å². The van der Waals surface area contributed by atoms with Crippen molar-refractivity contribution < 1.29 is 0 Å². The molecule has 1 nitrogen and oxygen atoms in total. The molecule has 1 heterocycles. The lowest BCUT2D eigenvalue weighted by atomic mass is 9.97. The fourth-order valence-electron chi connectivity index (χ4n) is 1.05. The lowest BCUT2D eigenvalue weighted by Gasteiger charge is -2.12. The molecule has 0 saturated heterocycles. The molecule has 0 fully saturated rings. The van der Waals surface area contributed by atoms with E-state index in [4.69, 9.17) is 0 Å². The van der Waals surface area contributed by atoms with E-state index in [1.54, 1.807) is 0 Å². The van der Waals surface area contributed by atoms with Crippen LogP contribution in [0, 0.1) is 11.8 Å². The van der Waals surface area contributed by atoms with Crippen molar-refractivity contribution in [2.75, 3.05) is 13.1 Å². The van der Waals surface area contributed by atoms with E-state index >= 15 is 0 Å². The molecule has 0 bridgehead atoms. The van der Waals surface area contributed by atoms with E-state index in [9.17, 15) is 0 Å². The Bertz CT molecular complexity index is 107. The molecule has 1 rings (SSSR count). The molecule has 0 amide bonds. The minimum atomic E-state index is 0.750. The van der Waals surface area contributed by atoms with Crippen LogP contribution in [0.3, 0.4) is 0 Å². The highest BCUT2D eigenvalue weighted by Crippen LogP contribution is 2.12. The predicted octanol–water partition coefficient (Wildman–Crippen LogP) is 1.42. The first-order chi connectivity index (χ1) is 4.30. The maximum Gasteiger partial charge on any atom is 0.0135 e. The minimum Gasteiger partial charge on any atom is -0.313 e. The van der Waals surface area contributed by atoms with Gasteiger partial charge in [0.1, 0.15) is 0 Å². The van der Waals surface area contributed by atoms with E-state index in [0.29, 0.717) is 0 Å². The largest absolute Gasteiger partial charge is 0.313 e. The molecule has 1 heteroatoms. The lowest BCUT2D eigenvalue weighted by Crippen LogP contribution is -2.21. The van der Waals surface area contributed by atoms with Crippen LogP contribution in [-0.2, 0) is 0 Å². The summed E-state index contributed by atoms with van der Waals surface area (Å²) in [5.41, 5.74) is 0. The summed E-state index contributed by atoms with van der Waals surface area (Å²) >= 11 is 0. The molecule has 2 atom stereocenters. The second kappa shape index (κ2) is 3.02. The van der Waals surface area contributed by atoms with Gasteiger partial charge >= 0.3 is 0 Å². The van der Waals surface area contributed by atoms with E-state index in [-0.39, 0.29) is 0 Å². The van der Waals surface area contributed by atoms with E-state index in [0.717, 1.165) is 24.9 Å². The summed E-state index contributed by atoms with van der Waals surface area (Å²) in [5, 5.41) is 3.34. The van der Waals surface area contributed by atoms with E-state index in [1.807, 2.05) is 0 Å². The van der Waals surface area contributed by atoms with Crippen molar-refractivity contribution in [1.82, 2.24) is 5.32 Å². The smallest absolute Gasteiger partial charge is 0.0135 e. The second-order valence-corrected chi connectivity index (χ2v) is 2.92. The van der Waals surface area contributed by atoms with Gasteiger partial charge in [-0.15, -0.1) is 0 Å². The van der Waals surface area contributed by atoms with Crippen molar-refractivity contribution >= 4 is 0 Å². The first-order valence-electron chi connectivity index (χ1n) is 3.68. The number of hydrogen-bond acceptors (Lipinski definition) is 1. The fourth-order valence-corrected chi connectivity index (χ4v) is 1.05. The summed E-state index contributed by atoms with van der Waals surface area (Å²) in [4.78, 5) is 0. The van der Waals surface area contributed by atoms with Gasteiger partial charge in [-0.2, -0.15) is 0 Å². The molecule has 0 saturated carbocycles. The Morgan fingerprint density at radius 1 is 1.44 bits per heavy atom. The van der Waals surface area contributed by atoms with Crippen LogP contribution in [0.25, 0.3) is 0 Å². The van der Waals surface area contributed by atoms with Gasteiger partial charge in [-0.25, -0.2) is 0 Å². The predicted molar refractivity (Wildman–Crippen MR) is 40.3 cm³/mol. The van der Waals surface area contributed by atoms with Crippen molar-refractivity contribution in [2.45, 2.75) is 13.8 Å². The molecule has 0 aromatic rings. The van der Waals surface area contributed by atoms with Crippen molar-refractivity contribution in [3.8, 4) is 0 Å². The molecule has 1 aliphatic heterocycles. The quantitative estimate of drug-likeness (QED) is 0.483. The number of allylic oxidation sites excluding steroid dienone is 1. The molecule has 0 aliphatic carbocycles. The van der Waals surface area contributed by atoms with Crippen LogP contribution in [0.1, 0.15) is 13.8 Å². The second-order valence-electron chi connectivity index (χ2n) is 2.92.